The summed E-state index contributed by atoms with van der Waals surface area (Å²) >= 11 is 2.73. The zero-order chi connectivity index (χ0) is 32.2. The average Bonchev–Trinajstić information content (AvgIpc) is 3.59. The van der Waals surface area contributed by atoms with Crippen molar-refractivity contribution in [1.29, 1.82) is 0 Å². The lowest BCUT2D eigenvalue weighted by atomic mass is 10.0. The summed E-state index contributed by atoms with van der Waals surface area (Å²) in [6.07, 6.45) is -0.728. The minimum Gasteiger partial charge on any atom is -0.448 e. The van der Waals surface area contributed by atoms with Crippen LogP contribution in [0.1, 0.15) is 27.8 Å². The number of amides is 2. The number of β-lactam (4-membered cyclic amide) rings is 1. The van der Waals surface area contributed by atoms with E-state index >= 15 is 0 Å². The number of hydrogen-bond acceptors (Lipinski definition) is 11. The second kappa shape index (κ2) is 13.5. The predicted octanol–water partition coefficient (Wildman–Crippen LogP) is 4.10. The lowest BCUT2D eigenvalue weighted by Gasteiger charge is -2.49. The Labute approximate surface area is 273 Å². The molecule has 2 atom stereocenters. The molecule has 0 radical (unpaired) electrons. The van der Waals surface area contributed by atoms with E-state index in [-0.39, 0.29) is 11.4 Å². The Morgan fingerprint density at radius 1 is 0.957 bits per heavy atom. The number of aromatic nitrogens is 2. The van der Waals surface area contributed by atoms with Crippen LogP contribution in [0.25, 0.3) is 5.57 Å². The van der Waals surface area contributed by atoms with Crippen LogP contribution in [0.2, 0.25) is 0 Å². The summed E-state index contributed by atoms with van der Waals surface area (Å²) in [4.78, 5) is 49.6. The smallest absolute Gasteiger partial charge is 0.356 e. The standard InChI is InChI=1S/C33H30N6O5S2/c1-38(2)33-36-35-29(46-33)23-19-45-31-25(34-28(40)24(37-43-3)20-13-7-4-8-14-20)30(41)39(31)26(23)32(42)44-27(21-15-9-5-10-16-21)22-17-11-6-12-18-22/h4-18,25,27,31H,19H2,1-3H3,(H,34,40)/t25?,31-/m1/s1. The summed E-state index contributed by atoms with van der Waals surface area (Å²) in [5, 5.41) is 15.9. The Kier molecular flexibility index (Phi) is 9.13. The van der Waals surface area contributed by atoms with Crippen molar-refractivity contribution in [2.24, 2.45) is 5.16 Å². The van der Waals surface area contributed by atoms with Crippen LogP contribution >= 0.6 is 23.1 Å². The molecule has 46 heavy (non-hydrogen) atoms. The number of nitrogens with zero attached hydrogens (tertiary/aromatic N) is 5. The largest absolute Gasteiger partial charge is 0.448 e. The minimum absolute atomic E-state index is 0.0321. The zero-order valence-electron chi connectivity index (χ0n) is 25.2. The maximum atomic E-state index is 14.3. The van der Waals surface area contributed by atoms with Gasteiger partial charge in [-0.2, -0.15) is 0 Å². The van der Waals surface area contributed by atoms with Crippen LogP contribution in [0.3, 0.4) is 0 Å². The van der Waals surface area contributed by atoms with Crippen molar-refractivity contribution in [3.63, 3.8) is 0 Å². The van der Waals surface area contributed by atoms with Gasteiger partial charge < -0.3 is 19.8 Å². The number of nitrogens with one attached hydrogen (secondary N) is 1. The highest BCUT2D eigenvalue weighted by Crippen LogP contribution is 2.45. The van der Waals surface area contributed by atoms with Crippen LogP contribution in [-0.2, 0) is 24.0 Å². The molecule has 1 N–H and O–H groups in total. The van der Waals surface area contributed by atoms with E-state index in [0.717, 1.165) is 11.1 Å². The van der Waals surface area contributed by atoms with Crippen molar-refractivity contribution in [3.05, 3.63) is 118 Å². The molecule has 0 spiro atoms. The van der Waals surface area contributed by atoms with Gasteiger partial charge in [-0.25, -0.2) is 4.79 Å². The third-order valence-electron chi connectivity index (χ3n) is 7.38. The van der Waals surface area contributed by atoms with Crippen LogP contribution < -0.4 is 10.2 Å². The van der Waals surface area contributed by atoms with Gasteiger partial charge in [0.25, 0.3) is 11.8 Å². The molecule has 13 heteroatoms. The molecule has 0 bridgehead atoms. The number of ether oxygens (including phenoxy) is 1. The van der Waals surface area contributed by atoms with Crippen LogP contribution in [0.4, 0.5) is 5.13 Å². The number of carbonyl (C=O) groups is 3. The zero-order valence-corrected chi connectivity index (χ0v) is 26.8. The van der Waals surface area contributed by atoms with Crippen molar-refractivity contribution in [2.75, 3.05) is 31.9 Å². The lowest BCUT2D eigenvalue weighted by molar-refractivity contribution is -0.154. The Hall–Kier alpha value is -5.01. The van der Waals surface area contributed by atoms with Crippen molar-refractivity contribution in [2.45, 2.75) is 17.5 Å². The number of hydrogen-bond donors (Lipinski definition) is 1. The summed E-state index contributed by atoms with van der Waals surface area (Å²) in [6.45, 7) is 0. The van der Waals surface area contributed by atoms with Gasteiger partial charge in [-0.15, -0.1) is 22.0 Å². The number of esters is 1. The summed E-state index contributed by atoms with van der Waals surface area (Å²) in [6, 6.07) is 26.8. The van der Waals surface area contributed by atoms with Gasteiger partial charge >= 0.3 is 5.97 Å². The first kappa shape index (κ1) is 31.0. The summed E-state index contributed by atoms with van der Waals surface area (Å²) in [5.41, 5.74) is 2.76. The number of thioether (sulfide) groups is 1. The fraction of sp³-hybridized carbons (Fsp3) is 0.212. The van der Waals surface area contributed by atoms with E-state index in [9.17, 15) is 14.4 Å². The van der Waals surface area contributed by atoms with E-state index < -0.39 is 35.3 Å². The highest BCUT2D eigenvalue weighted by Gasteiger charge is 2.55. The van der Waals surface area contributed by atoms with Gasteiger partial charge in [0.2, 0.25) is 5.13 Å². The molecule has 2 aliphatic rings. The molecule has 2 amide bonds. The van der Waals surface area contributed by atoms with Crippen molar-refractivity contribution < 1.29 is 24.0 Å². The topological polar surface area (TPSA) is 126 Å². The van der Waals surface area contributed by atoms with Gasteiger partial charge in [-0.1, -0.05) is 107 Å². The number of rotatable bonds is 10. The van der Waals surface area contributed by atoms with E-state index in [1.165, 1.54) is 35.1 Å². The van der Waals surface area contributed by atoms with Gasteiger partial charge in [0, 0.05) is 31.0 Å². The van der Waals surface area contributed by atoms with Crippen LogP contribution in [-0.4, -0.2) is 77.0 Å². The fourth-order valence-corrected chi connectivity index (χ4v) is 7.41. The van der Waals surface area contributed by atoms with E-state index in [1.54, 1.807) is 24.3 Å². The normalized spacial score (nSPS) is 17.7. The van der Waals surface area contributed by atoms with Gasteiger partial charge in [0.15, 0.2) is 11.8 Å². The van der Waals surface area contributed by atoms with Gasteiger partial charge in [-0.3, -0.25) is 14.5 Å². The number of oxime groups is 1. The number of fused-ring (bicyclic) bond motifs is 1. The second-order valence-electron chi connectivity index (χ2n) is 10.6. The Bertz CT molecular complexity index is 1760. The highest BCUT2D eigenvalue weighted by molar-refractivity contribution is 8.00. The molecule has 4 aromatic rings. The van der Waals surface area contributed by atoms with E-state index in [4.69, 9.17) is 9.57 Å². The minimum atomic E-state index is -0.904. The predicted molar refractivity (Wildman–Crippen MR) is 177 cm³/mol. The SMILES string of the molecule is CON=C(C(=O)NC1C(=O)N2C(C(=O)OC(c3ccccc3)c3ccccc3)=C(c3nnc(N(C)C)s3)CS[C@H]12)c1ccccc1. The summed E-state index contributed by atoms with van der Waals surface area (Å²) in [5.74, 6) is -1.36. The molecule has 0 saturated carbocycles. The Morgan fingerprint density at radius 3 is 2.13 bits per heavy atom. The van der Waals surface area contributed by atoms with Crippen molar-refractivity contribution in [1.82, 2.24) is 20.4 Å². The lowest BCUT2D eigenvalue weighted by Crippen LogP contribution is -2.71. The van der Waals surface area contributed by atoms with E-state index in [1.807, 2.05) is 85.7 Å². The molecule has 3 aromatic carbocycles. The van der Waals surface area contributed by atoms with E-state index in [0.29, 0.717) is 27.0 Å². The maximum Gasteiger partial charge on any atom is 0.356 e. The molecular weight excluding hydrogens is 625 g/mol. The maximum absolute atomic E-state index is 14.3. The first-order valence-corrected chi connectivity index (χ1v) is 16.2. The number of benzene rings is 3. The first-order valence-electron chi connectivity index (χ1n) is 14.3. The van der Waals surface area contributed by atoms with Crippen molar-refractivity contribution >= 4 is 57.3 Å². The molecule has 2 aliphatic heterocycles. The van der Waals surface area contributed by atoms with Crippen LogP contribution in [0, 0.1) is 0 Å². The molecule has 1 fully saturated rings. The summed E-state index contributed by atoms with van der Waals surface area (Å²) < 4.78 is 6.24. The van der Waals surface area contributed by atoms with Gasteiger partial charge in [-0.05, 0) is 11.1 Å². The van der Waals surface area contributed by atoms with Crippen LogP contribution in [0.5, 0.6) is 0 Å². The molecule has 1 unspecified atom stereocenters. The molecule has 11 nitrogen and oxygen atoms in total. The molecule has 1 saturated heterocycles. The average molecular weight is 655 g/mol. The Balaban J connectivity index is 1.33. The third-order valence-corrected chi connectivity index (χ3v) is 9.81. The molecular formula is C33H30N6O5S2. The Morgan fingerprint density at radius 2 is 1.57 bits per heavy atom. The first-order chi connectivity index (χ1) is 22.4. The molecule has 0 aliphatic carbocycles. The number of anilines is 1. The molecule has 1 aromatic heterocycles. The van der Waals surface area contributed by atoms with Gasteiger partial charge in [0.1, 0.15) is 29.2 Å². The number of carbonyl (C=O) groups excluding carboxylic acids is 3. The van der Waals surface area contributed by atoms with Crippen molar-refractivity contribution in [3.8, 4) is 0 Å². The second-order valence-corrected chi connectivity index (χ2v) is 12.6. The monoisotopic (exact) mass is 654 g/mol. The highest BCUT2D eigenvalue weighted by atomic mass is 32.2. The molecule has 3 heterocycles. The fourth-order valence-electron chi connectivity index (χ4n) is 5.16. The molecule has 234 valence electrons. The van der Waals surface area contributed by atoms with Crippen LogP contribution in [0.15, 0.2) is 102 Å². The van der Waals surface area contributed by atoms with Gasteiger partial charge in [0.05, 0.1) is 0 Å². The van der Waals surface area contributed by atoms with E-state index in [2.05, 4.69) is 20.7 Å². The third kappa shape index (κ3) is 6.11. The quantitative estimate of drug-likeness (QED) is 0.116. The summed E-state index contributed by atoms with van der Waals surface area (Å²) in [7, 11) is 5.06. The molecule has 6 rings (SSSR count).